The van der Waals surface area contributed by atoms with E-state index in [9.17, 15) is 9.59 Å². The third-order valence-electron chi connectivity index (χ3n) is 4.67. The Labute approximate surface area is 119 Å². The number of para-hydroxylation sites is 2. The molecule has 1 fully saturated rings. The molecule has 1 aliphatic heterocycles. The number of hydrogen-bond acceptors (Lipinski definition) is 2. The smallest absolute Gasteiger partial charge is 0.246 e. The normalized spacial score (nSPS) is 21.0. The van der Waals surface area contributed by atoms with Crippen molar-refractivity contribution in [3.63, 3.8) is 0 Å². The van der Waals surface area contributed by atoms with Crippen LogP contribution in [0.3, 0.4) is 0 Å². The number of hydrogen-bond donors (Lipinski definition) is 0. The van der Waals surface area contributed by atoms with Crippen LogP contribution in [0.2, 0.25) is 0 Å². The van der Waals surface area contributed by atoms with Crippen molar-refractivity contribution in [1.82, 2.24) is 0 Å². The van der Waals surface area contributed by atoms with Crippen molar-refractivity contribution < 1.29 is 9.59 Å². The molecule has 4 heteroatoms. The third kappa shape index (κ3) is 1.90. The largest absolute Gasteiger partial charge is 0.312 e. The van der Waals surface area contributed by atoms with Crippen LogP contribution < -0.4 is 9.80 Å². The Balaban J connectivity index is 2.00. The van der Waals surface area contributed by atoms with Crippen molar-refractivity contribution in [2.24, 2.45) is 5.41 Å². The van der Waals surface area contributed by atoms with Gasteiger partial charge in [0.1, 0.15) is 6.54 Å². The zero-order valence-electron chi connectivity index (χ0n) is 12.1. The number of benzene rings is 1. The fraction of sp³-hybridized carbons (Fsp3) is 0.500. The summed E-state index contributed by atoms with van der Waals surface area (Å²) in [5.74, 6) is 0.0718. The fourth-order valence-electron chi connectivity index (χ4n) is 3.31. The number of fused-ring (bicyclic) bond motifs is 1. The molecule has 1 heterocycles. The average Bonchev–Trinajstić information content (AvgIpc) is 2.90. The standard InChI is InChI=1S/C16H20N2O2/c1-16(9-5-6-10-16)15(20)18-11-14(19)17(2)12-7-3-4-8-13(12)18/h3-4,7-8H,5-6,9-11H2,1-2H3. The molecule has 0 N–H and O–H groups in total. The summed E-state index contributed by atoms with van der Waals surface area (Å²) in [6.45, 7) is 2.19. The van der Waals surface area contributed by atoms with E-state index >= 15 is 0 Å². The van der Waals surface area contributed by atoms with Gasteiger partial charge >= 0.3 is 0 Å². The summed E-state index contributed by atoms with van der Waals surface area (Å²) in [5.41, 5.74) is 1.37. The van der Waals surface area contributed by atoms with Gasteiger partial charge in [-0.25, -0.2) is 0 Å². The highest BCUT2D eigenvalue weighted by Crippen LogP contribution is 2.42. The van der Waals surface area contributed by atoms with Crippen LogP contribution in [0.1, 0.15) is 32.6 Å². The number of carbonyl (C=O) groups is 2. The number of amides is 2. The van der Waals surface area contributed by atoms with Crippen LogP contribution in [0.15, 0.2) is 24.3 Å². The lowest BCUT2D eigenvalue weighted by atomic mass is 9.86. The molecule has 4 nitrogen and oxygen atoms in total. The monoisotopic (exact) mass is 272 g/mol. The Bertz CT molecular complexity index is 561. The first-order valence-corrected chi connectivity index (χ1v) is 7.20. The predicted octanol–water partition coefficient (Wildman–Crippen LogP) is 2.58. The molecular formula is C16H20N2O2. The highest BCUT2D eigenvalue weighted by molar-refractivity contribution is 6.12. The van der Waals surface area contributed by atoms with Gasteiger partial charge in [0.05, 0.1) is 11.4 Å². The van der Waals surface area contributed by atoms with Crippen LogP contribution in [0.25, 0.3) is 0 Å². The first-order chi connectivity index (χ1) is 9.53. The van der Waals surface area contributed by atoms with Gasteiger partial charge < -0.3 is 9.80 Å². The molecule has 1 aliphatic carbocycles. The molecule has 1 saturated carbocycles. The summed E-state index contributed by atoms with van der Waals surface area (Å²) in [5, 5.41) is 0. The molecule has 0 aromatic heterocycles. The zero-order valence-corrected chi connectivity index (χ0v) is 12.1. The lowest BCUT2D eigenvalue weighted by Crippen LogP contribution is -2.50. The lowest BCUT2D eigenvalue weighted by molar-refractivity contribution is -0.129. The highest BCUT2D eigenvalue weighted by Gasteiger charge is 2.42. The molecule has 0 spiro atoms. The third-order valence-corrected chi connectivity index (χ3v) is 4.67. The Hall–Kier alpha value is -1.84. The molecule has 1 aromatic rings. The second-order valence-corrected chi connectivity index (χ2v) is 6.10. The maximum Gasteiger partial charge on any atom is 0.246 e. The van der Waals surface area contributed by atoms with Gasteiger partial charge in [-0.2, -0.15) is 0 Å². The second-order valence-electron chi connectivity index (χ2n) is 6.10. The van der Waals surface area contributed by atoms with Gasteiger partial charge in [0.2, 0.25) is 11.8 Å². The Kier molecular flexibility index (Phi) is 3.04. The SMILES string of the molecule is CN1C(=O)CN(C(=O)C2(C)CCCC2)c2ccccc21. The first kappa shape index (κ1) is 13.2. The van der Waals surface area contributed by atoms with E-state index in [1.54, 1.807) is 16.8 Å². The lowest BCUT2D eigenvalue weighted by Gasteiger charge is -2.38. The predicted molar refractivity (Wildman–Crippen MR) is 78.8 cm³/mol. The van der Waals surface area contributed by atoms with Gasteiger partial charge in [0, 0.05) is 12.5 Å². The first-order valence-electron chi connectivity index (χ1n) is 7.20. The van der Waals surface area contributed by atoms with Gasteiger partial charge in [0.15, 0.2) is 0 Å². The van der Waals surface area contributed by atoms with E-state index in [0.717, 1.165) is 37.1 Å². The second kappa shape index (κ2) is 4.62. The van der Waals surface area contributed by atoms with Crippen molar-refractivity contribution >= 4 is 23.2 Å². The minimum atomic E-state index is -0.302. The maximum absolute atomic E-state index is 12.9. The van der Waals surface area contributed by atoms with Gasteiger partial charge in [-0.1, -0.05) is 31.9 Å². The van der Waals surface area contributed by atoms with Crippen molar-refractivity contribution in [2.45, 2.75) is 32.6 Å². The van der Waals surface area contributed by atoms with Crippen LogP contribution in [-0.4, -0.2) is 25.4 Å². The van der Waals surface area contributed by atoms with Crippen LogP contribution >= 0.6 is 0 Å². The van der Waals surface area contributed by atoms with Crippen molar-refractivity contribution in [2.75, 3.05) is 23.4 Å². The van der Waals surface area contributed by atoms with E-state index in [-0.39, 0.29) is 23.8 Å². The van der Waals surface area contributed by atoms with Crippen molar-refractivity contribution in [1.29, 1.82) is 0 Å². The van der Waals surface area contributed by atoms with E-state index in [2.05, 4.69) is 0 Å². The van der Waals surface area contributed by atoms with E-state index in [0.29, 0.717) is 0 Å². The summed E-state index contributed by atoms with van der Waals surface area (Å²) < 4.78 is 0. The molecule has 2 aliphatic rings. The van der Waals surface area contributed by atoms with E-state index in [1.807, 2.05) is 31.2 Å². The van der Waals surface area contributed by atoms with Gasteiger partial charge in [-0.15, -0.1) is 0 Å². The van der Waals surface area contributed by atoms with Crippen molar-refractivity contribution in [3.8, 4) is 0 Å². The Morgan fingerprint density at radius 3 is 2.40 bits per heavy atom. The zero-order chi connectivity index (χ0) is 14.3. The van der Waals surface area contributed by atoms with E-state index < -0.39 is 0 Å². The highest BCUT2D eigenvalue weighted by atomic mass is 16.2. The van der Waals surface area contributed by atoms with E-state index in [4.69, 9.17) is 0 Å². The summed E-state index contributed by atoms with van der Waals surface area (Å²) >= 11 is 0. The molecule has 0 saturated heterocycles. The topological polar surface area (TPSA) is 40.6 Å². The number of rotatable bonds is 1. The minimum absolute atomic E-state index is 0.0290. The number of nitrogens with zero attached hydrogens (tertiary/aromatic N) is 2. The number of likely N-dealkylation sites (N-methyl/N-ethyl adjacent to an activating group) is 1. The summed E-state index contributed by atoms with van der Waals surface area (Å²) in [6.07, 6.45) is 4.06. The molecule has 3 rings (SSSR count). The van der Waals surface area contributed by atoms with Gasteiger partial charge in [-0.3, -0.25) is 9.59 Å². The maximum atomic E-state index is 12.9. The van der Waals surface area contributed by atoms with Gasteiger partial charge in [0.25, 0.3) is 0 Å². The van der Waals surface area contributed by atoms with Crippen molar-refractivity contribution in [3.05, 3.63) is 24.3 Å². The Morgan fingerprint density at radius 1 is 1.15 bits per heavy atom. The molecule has 1 aromatic carbocycles. The quantitative estimate of drug-likeness (QED) is 0.788. The molecular weight excluding hydrogens is 252 g/mol. The van der Waals surface area contributed by atoms with Crippen LogP contribution in [-0.2, 0) is 9.59 Å². The molecule has 106 valence electrons. The van der Waals surface area contributed by atoms with Gasteiger partial charge in [-0.05, 0) is 25.0 Å². The summed E-state index contributed by atoms with van der Waals surface area (Å²) in [6, 6.07) is 7.63. The molecule has 0 unspecified atom stereocenters. The summed E-state index contributed by atoms with van der Waals surface area (Å²) in [7, 11) is 1.76. The molecule has 0 radical (unpaired) electrons. The van der Waals surface area contributed by atoms with Crippen LogP contribution in [0.5, 0.6) is 0 Å². The Morgan fingerprint density at radius 2 is 1.75 bits per heavy atom. The molecule has 20 heavy (non-hydrogen) atoms. The van der Waals surface area contributed by atoms with E-state index in [1.165, 1.54) is 0 Å². The molecule has 0 bridgehead atoms. The average molecular weight is 272 g/mol. The molecule has 0 atom stereocenters. The van der Waals surface area contributed by atoms with Crippen LogP contribution in [0, 0.1) is 5.41 Å². The fourth-order valence-corrected chi connectivity index (χ4v) is 3.31. The molecule has 2 amide bonds. The number of anilines is 2. The van der Waals surface area contributed by atoms with Crippen LogP contribution in [0.4, 0.5) is 11.4 Å². The summed E-state index contributed by atoms with van der Waals surface area (Å²) in [4.78, 5) is 28.3. The minimum Gasteiger partial charge on any atom is -0.312 e. The number of carbonyl (C=O) groups excluding carboxylic acids is 2.